The van der Waals surface area contributed by atoms with Crippen molar-refractivity contribution in [1.82, 2.24) is 0 Å². The summed E-state index contributed by atoms with van der Waals surface area (Å²) in [6.45, 7) is 4.02. The van der Waals surface area contributed by atoms with Gasteiger partial charge in [0.1, 0.15) is 0 Å². The summed E-state index contributed by atoms with van der Waals surface area (Å²) < 4.78 is 10.1. The average molecular weight is 99.9 g/mol. The Balaban J connectivity index is 2.33. The maximum absolute atomic E-state index is 5.04. The summed E-state index contributed by atoms with van der Waals surface area (Å²) in [7, 11) is 0.475. The van der Waals surface area contributed by atoms with Gasteiger partial charge in [0.25, 0.3) is 0 Å². The Bertz CT molecular complexity index is 58.7. The first-order chi connectivity index (χ1) is 3.30. The molecule has 2 nitrogen and oxygen atoms in total. The van der Waals surface area contributed by atoms with Gasteiger partial charge in [0.15, 0.2) is 0 Å². The lowest BCUT2D eigenvalue weighted by Crippen LogP contribution is -2.13. The van der Waals surface area contributed by atoms with Gasteiger partial charge in [-0.05, 0) is 13.8 Å². The molecule has 0 saturated carbocycles. The van der Waals surface area contributed by atoms with Gasteiger partial charge in [0.05, 0.1) is 12.2 Å². The molecule has 1 rings (SSSR count). The van der Waals surface area contributed by atoms with Crippen LogP contribution in [0.1, 0.15) is 13.8 Å². The summed E-state index contributed by atoms with van der Waals surface area (Å²) >= 11 is 0. The van der Waals surface area contributed by atoms with E-state index in [1.807, 2.05) is 13.8 Å². The molecule has 0 amide bonds. The molecule has 1 aliphatic heterocycles. The van der Waals surface area contributed by atoms with Crippen LogP contribution in [0.3, 0.4) is 0 Å². The Hall–Kier alpha value is -0.0151. The summed E-state index contributed by atoms with van der Waals surface area (Å²) in [6.07, 6.45) is 0.583. The van der Waals surface area contributed by atoms with Gasteiger partial charge in [-0.25, -0.2) is 0 Å². The smallest absolute Gasteiger partial charge is 0.409 e. The number of hydrogen-bond acceptors (Lipinski definition) is 2. The highest BCUT2D eigenvalue weighted by molar-refractivity contribution is 6.19. The van der Waals surface area contributed by atoms with Crippen molar-refractivity contribution < 1.29 is 9.31 Å². The van der Waals surface area contributed by atoms with Crippen LogP contribution >= 0.6 is 0 Å². The van der Waals surface area contributed by atoms with Gasteiger partial charge in [-0.2, -0.15) is 0 Å². The van der Waals surface area contributed by atoms with Crippen LogP contribution in [0.15, 0.2) is 0 Å². The van der Waals surface area contributed by atoms with Crippen LogP contribution in [0.2, 0.25) is 0 Å². The van der Waals surface area contributed by atoms with Crippen LogP contribution in [0, 0.1) is 0 Å². The molecule has 0 spiro atoms. The topological polar surface area (TPSA) is 18.5 Å². The molecule has 2 atom stereocenters. The zero-order valence-corrected chi connectivity index (χ0v) is 4.68. The summed E-state index contributed by atoms with van der Waals surface area (Å²) in [5, 5.41) is 0. The highest BCUT2D eigenvalue weighted by Gasteiger charge is 2.20. The molecule has 0 N–H and O–H groups in total. The predicted octanol–water partition coefficient (Wildman–Crippen LogP) is 0.0767. The Kier molecular flexibility index (Phi) is 1.35. The minimum Gasteiger partial charge on any atom is -0.409 e. The third kappa shape index (κ3) is 0.953. The summed E-state index contributed by atoms with van der Waals surface area (Å²) in [4.78, 5) is 0. The van der Waals surface area contributed by atoms with Crippen LogP contribution in [0.25, 0.3) is 0 Å². The van der Waals surface area contributed by atoms with Crippen molar-refractivity contribution in [3.05, 3.63) is 0 Å². The van der Waals surface area contributed by atoms with E-state index < -0.39 is 0 Å². The summed E-state index contributed by atoms with van der Waals surface area (Å²) in [5.41, 5.74) is 0. The molecule has 0 aliphatic carbocycles. The van der Waals surface area contributed by atoms with Crippen molar-refractivity contribution in [2.75, 3.05) is 0 Å². The van der Waals surface area contributed by atoms with E-state index >= 15 is 0 Å². The minimum absolute atomic E-state index is 0.292. The van der Waals surface area contributed by atoms with Crippen LogP contribution in [-0.2, 0) is 9.31 Å². The van der Waals surface area contributed by atoms with Gasteiger partial charge in [0.2, 0.25) is 0 Å². The second kappa shape index (κ2) is 1.84. The lowest BCUT2D eigenvalue weighted by atomic mass is 10.3. The van der Waals surface area contributed by atoms with Crippen molar-refractivity contribution in [1.29, 1.82) is 0 Å². The third-order valence-electron chi connectivity index (χ3n) is 1.32. The Labute approximate surface area is 44.1 Å². The quantitative estimate of drug-likeness (QED) is 0.401. The molecule has 1 saturated heterocycles. The second-order valence-corrected chi connectivity index (χ2v) is 1.86. The molecule has 1 fully saturated rings. The largest absolute Gasteiger partial charge is 0.438 e. The van der Waals surface area contributed by atoms with E-state index in [0.717, 1.165) is 0 Å². The molecule has 3 heteroatoms. The number of hydrogen-bond donors (Lipinski definition) is 0. The minimum atomic E-state index is 0.292. The lowest BCUT2D eigenvalue weighted by molar-refractivity contribution is 0.187. The normalized spacial score (nSPS) is 40.9. The van der Waals surface area contributed by atoms with Crippen LogP contribution in [-0.4, -0.2) is 19.9 Å². The van der Waals surface area contributed by atoms with Crippen molar-refractivity contribution >= 4 is 7.69 Å². The van der Waals surface area contributed by atoms with Crippen LogP contribution < -0.4 is 0 Å². The van der Waals surface area contributed by atoms with Gasteiger partial charge in [-0.15, -0.1) is 0 Å². The highest BCUT2D eigenvalue weighted by Crippen LogP contribution is 2.07. The SMILES string of the molecule is CC1OBOC1C. The van der Waals surface area contributed by atoms with E-state index in [0.29, 0.717) is 19.9 Å². The lowest BCUT2D eigenvalue weighted by Gasteiger charge is -2.04. The van der Waals surface area contributed by atoms with E-state index in [1.54, 1.807) is 0 Å². The highest BCUT2D eigenvalue weighted by atomic mass is 16.6. The Morgan fingerprint density at radius 3 is 1.71 bits per heavy atom. The molecular formula is C4H9BO2. The summed E-state index contributed by atoms with van der Waals surface area (Å²) in [6, 6.07) is 0. The van der Waals surface area contributed by atoms with Crippen molar-refractivity contribution in [2.24, 2.45) is 0 Å². The summed E-state index contributed by atoms with van der Waals surface area (Å²) in [5.74, 6) is 0. The van der Waals surface area contributed by atoms with Gasteiger partial charge < -0.3 is 9.31 Å². The average Bonchev–Trinajstić information content (AvgIpc) is 1.91. The molecule has 0 aromatic carbocycles. The molecule has 1 aliphatic rings. The maximum atomic E-state index is 5.04. The van der Waals surface area contributed by atoms with E-state index in [9.17, 15) is 0 Å². The second-order valence-electron chi connectivity index (χ2n) is 1.86. The molecule has 0 radical (unpaired) electrons. The third-order valence-corrected chi connectivity index (χ3v) is 1.32. The molecule has 0 aromatic heterocycles. The fraction of sp³-hybridized carbons (Fsp3) is 1.00. The Morgan fingerprint density at radius 2 is 1.57 bits per heavy atom. The van der Waals surface area contributed by atoms with Gasteiger partial charge >= 0.3 is 7.69 Å². The molecular weight excluding hydrogens is 90.9 g/mol. The van der Waals surface area contributed by atoms with Crippen molar-refractivity contribution in [3.63, 3.8) is 0 Å². The molecule has 0 aromatic rings. The standard InChI is InChI=1S/C4H9BO2/c1-3-4(2)7-5-6-3/h3-5H,1-2H3. The van der Waals surface area contributed by atoms with E-state index in [-0.39, 0.29) is 0 Å². The van der Waals surface area contributed by atoms with E-state index in [2.05, 4.69) is 0 Å². The first kappa shape index (κ1) is 5.13. The van der Waals surface area contributed by atoms with Gasteiger partial charge in [-0.3, -0.25) is 0 Å². The maximum Gasteiger partial charge on any atom is 0.438 e. The zero-order valence-electron chi connectivity index (χ0n) is 4.68. The molecule has 7 heavy (non-hydrogen) atoms. The first-order valence-corrected chi connectivity index (χ1v) is 2.54. The van der Waals surface area contributed by atoms with Crippen LogP contribution in [0.4, 0.5) is 0 Å². The molecule has 40 valence electrons. The van der Waals surface area contributed by atoms with E-state index in [4.69, 9.17) is 9.31 Å². The van der Waals surface area contributed by atoms with E-state index in [1.165, 1.54) is 0 Å². The van der Waals surface area contributed by atoms with Crippen molar-refractivity contribution in [3.8, 4) is 0 Å². The Morgan fingerprint density at radius 1 is 1.14 bits per heavy atom. The van der Waals surface area contributed by atoms with Crippen LogP contribution in [0.5, 0.6) is 0 Å². The zero-order chi connectivity index (χ0) is 5.28. The molecule has 0 bridgehead atoms. The fourth-order valence-electron chi connectivity index (χ4n) is 0.525. The fourth-order valence-corrected chi connectivity index (χ4v) is 0.525. The van der Waals surface area contributed by atoms with Gasteiger partial charge in [-0.1, -0.05) is 0 Å². The number of rotatable bonds is 0. The van der Waals surface area contributed by atoms with Gasteiger partial charge in [0, 0.05) is 0 Å². The first-order valence-electron chi connectivity index (χ1n) is 2.54. The van der Waals surface area contributed by atoms with Crippen molar-refractivity contribution in [2.45, 2.75) is 26.1 Å². The predicted molar refractivity (Wildman–Crippen MR) is 28.2 cm³/mol. The molecule has 1 heterocycles. The molecule has 2 unspecified atom stereocenters. The monoisotopic (exact) mass is 100 g/mol.